The van der Waals surface area contributed by atoms with E-state index in [0.29, 0.717) is 11.4 Å². The lowest BCUT2D eigenvalue weighted by Gasteiger charge is -2.14. The van der Waals surface area contributed by atoms with Crippen LogP contribution in [0.1, 0.15) is 43.6 Å². The molecule has 2 aromatic rings. The van der Waals surface area contributed by atoms with Gasteiger partial charge in [0.15, 0.2) is 10.7 Å². The summed E-state index contributed by atoms with van der Waals surface area (Å²) in [7, 11) is -3.71. The van der Waals surface area contributed by atoms with Crippen molar-refractivity contribution in [3.05, 3.63) is 47.4 Å². The van der Waals surface area contributed by atoms with Crippen LogP contribution in [-0.2, 0) is 10.0 Å². The van der Waals surface area contributed by atoms with Gasteiger partial charge in [-0.2, -0.15) is 0 Å². The summed E-state index contributed by atoms with van der Waals surface area (Å²) >= 11 is 0. The third-order valence-electron chi connectivity index (χ3n) is 4.53. The van der Waals surface area contributed by atoms with Gasteiger partial charge in [-0.25, -0.2) is 8.42 Å². The average molecular weight is 375 g/mol. The predicted octanol–water partition coefficient (Wildman–Crippen LogP) is 4.39. The van der Waals surface area contributed by atoms with Crippen LogP contribution in [0.25, 0.3) is 0 Å². The molecule has 0 saturated carbocycles. The van der Waals surface area contributed by atoms with E-state index in [1.54, 1.807) is 26.0 Å². The topological polar surface area (TPSA) is 84.2 Å². The number of nitrogens with zero attached hydrogens (tertiary/aromatic N) is 1. The summed E-state index contributed by atoms with van der Waals surface area (Å²) in [5.41, 5.74) is 3.37. The van der Waals surface area contributed by atoms with Crippen molar-refractivity contribution in [1.29, 1.82) is 0 Å². The Kier molecular flexibility index (Phi) is 5.66. The molecule has 0 saturated heterocycles. The Morgan fingerprint density at radius 2 is 1.85 bits per heavy atom. The molecule has 0 aliphatic heterocycles. The molecular formula is C19H25N3O3S. The second kappa shape index (κ2) is 7.95. The number of nitrogens with one attached hydrogen (secondary N) is 2. The molecule has 1 aliphatic rings. The Morgan fingerprint density at radius 1 is 1.12 bits per heavy atom. The van der Waals surface area contributed by atoms with E-state index in [2.05, 4.69) is 21.3 Å². The molecule has 1 aromatic heterocycles. The third kappa shape index (κ3) is 4.46. The summed E-state index contributed by atoms with van der Waals surface area (Å²) in [6.45, 7) is 4.08. The second-order valence-corrected chi connectivity index (χ2v) is 8.24. The molecule has 26 heavy (non-hydrogen) atoms. The number of hydrogen-bond donors (Lipinski definition) is 2. The molecule has 2 N–H and O–H groups in total. The van der Waals surface area contributed by atoms with Crippen LogP contribution in [0, 0.1) is 13.8 Å². The highest BCUT2D eigenvalue weighted by Crippen LogP contribution is 2.24. The second-order valence-electron chi connectivity index (χ2n) is 6.62. The largest absolute Gasteiger partial charge is 0.385 e. The first-order chi connectivity index (χ1) is 12.5. The Labute approximate surface area is 154 Å². The molecule has 6 nitrogen and oxygen atoms in total. The van der Waals surface area contributed by atoms with Gasteiger partial charge in [-0.05, 0) is 70.2 Å². The molecule has 0 atom stereocenters. The minimum absolute atomic E-state index is 0.0976. The van der Waals surface area contributed by atoms with Gasteiger partial charge >= 0.3 is 0 Å². The van der Waals surface area contributed by atoms with Gasteiger partial charge in [-0.1, -0.05) is 16.8 Å². The van der Waals surface area contributed by atoms with Crippen LogP contribution < -0.4 is 10.0 Å². The van der Waals surface area contributed by atoms with Crippen molar-refractivity contribution >= 4 is 21.4 Å². The number of sulfonamides is 1. The van der Waals surface area contributed by atoms with Crippen LogP contribution >= 0.6 is 0 Å². The van der Waals surface area contributed by atoms with E-state index >= 15 is 0 Å². The van der Waals surface area contributed by atoms with Gasteiger partial charge in [0.1, 0.15) is 5.69 Å². The molecule has 0 unspecified atom stereocenters. The molecule has 7 heteroatoms. The van der Waals surface area contributed by atoms with Crippen LogP contribution in [-0.4, -0.2) is 20.1 Å². The molecular weight excluding hydrogens is 350 g/mol. The number of rotatable bonds is 7. The van der Waals surface area contributed by atoms with Crippen LogP contribution in [0.3, 0.4) is 0 Å². The predicted molar refractivity (Wildman–Crippen MR) is 103 cm³/mol. The monoisotopic (exact) mass is 375 g/mol. The normalized spacial score (nSPS) is 14.8. The Morgan fingerprint density at radius 3 is 2.46 bits per heavy atom. The van der Waals surface area contributed by atoms with Gasteiger partial charge in [0.25, 0.3) is 10.0 Å². The molecule has 0 bridgehead atoms. The lowest BCUT2D eigenvalue weighted by Crippen LogP contribution is -2.14. The molecule has 1 aromatic carbocycles. The first-order valence-corrected chi connectivity index (χ1v) is 10.4. The number of allylic oxidation sites excluding steroid dienone is 1. The smallest absolute Gasteiger partial charge is 0.267 e. The molecule has 0 spiro atoms. The van der Waals surface area contributed by atoms with E-state index in [9.17, 15) is 8.42 Å². The number of hydrogen-bond acceptors (Lipinski definition) is 5. The molecule has 0 fully saturated rings. The fraction of sp³-hybridized carbons (Fsp3) is 0.421. The molecule has 0 amide bonds. The Balaban J connectivity index is 1.58. The standard InChI is InChI=1S/C19H25N3O3S/c1-14-19(15(2)25-21-14)26(23,24)22-18-10-8-17(9-11-18)20-13-12-16-6-4-3-5-7-16/h6,8-11,20,22H,3-5,7,12-13H2,1-2H3. The van der Waals surface area contributed by atoms with Crippen molar-refractivity contribution in [2.75, 3.05) is 16.6 Å². The highest BCUT2D eigenvalue weighted by Gasteiger charge is 2.24. The maximum absolute atomic E-state index is 12.5. The number of aromatic nitrogens is 1. The van der Waals surface area contributed by atoms with Crippen LogP contribution in [0.15, 0.2) is 45.3 Å². The van der Waals surface area contributed by atoms with Gasteiger partial charge in [-0.15, -0.1) is 0 Å². The molecule has 1 aliphatic carbocycles. The number of benzene rings is 1. The Bertz CT molecular complexity index is 864. The van der Waals surface area contributed by atoms with Gasteiger partial charge in [0.05, 0.1) is 0 Å². The van der Waals surface area contributed by atoms with E-state index < -0.39 is 10.0 Å². The number of anilines is 2. The van der Waals surface area contributed by atoms with Gasteiger partial charge in [0, 0.05) is 17.9 Å². The minimum Gasteiger partial charge on any atom is -0.385 e. The van der Waals surface area contributed by atoms with Crippen LogP contribution in [0.4, 0.5) is 11.4 Å². The van der Waals surface area contributed by atoms with E-state index in [1.165, 1.54) is 31.3 Å². The summed E-state index contributed by atoms with van der Waals surface area (Å²) in [6, 6.07) is 7.25. The summed E-state index contributed by atoms with van der Waals surface area (Å²) in [5, 5.41) is 7.09. The van der Waals surface area contributed by atoms with Crippen molar-refractivity contribution in [3.8, 4) is 0 Å². The van der Waals surface area contributed by atoms with Crippen LogP contribution in [0.5, 0.6) is 0 Å². The van der Waals surface area contributed by atoms with Crippen molar-refractivity contribution in [1.82, 2.24) is 5.16 Å². The maximum Gasteiger partial charge on any atom is 0.267 e. The zero-order valence-corrected chi connectivity index (χ0v) is 16.0. The highest BCUT2D eigenvalue weighted by molar-refractivity contribution is 7.92. The minimum atomic E-state index is -3.71. The third-order valence-corrected chi connectivity index (χ3v) is 6.16. The first kappa shape index (κ1) is 18.5. The maximum atomic E-state index is 12.5. The fourth-order valence-electron chi connectivity index (χ4n) is 3.22. The van der Waals surface area contributed by atoms with E-state index in [1.807, 2.05) is 12.1 Å². The zero-order valence-electron chi connectivity index (χ0n) is 15.2. The molecule has 1 heterocycles. The lowest BCUT2D eigenvalue weighted by atomic mass is 9.97. The Hall–Kier alpha value is -2.28. The number of aryl methyl sites for hydroxylation is 2. The average Bonchev–Trinajstić information content (AvgIpc) is 2.96. The van der Waals surface area contributed by atoms with Crippen LogP contribution in [0.2, 0.25) is 0 Å². The highest BCUT2D eigenvalue weighted by atomic mass is 32.2. The molecule has 3 rings (SSSR count). The summed E-state index contributed by atoms with van der Waals surface area (Å²) in [4.78, 5) is 0.0976. The van der Waals surface area contributed by atoms with Crippen molar-refractivity contribution in [2.24, 2.45) is 0 Å². The van der Waals surface area contributed by atoms with E-state index in [-0.39, 0.29) is 10.7 Å². The first-order valence-electron chi connectivity index (χ1n) is 8.93. The molecule has 0 radical (unpaired) electrons. The van der Waals surface area contributed by atoms with Gasteiger partial charge in [-0.3, -0.25) is 4.72 Å². The molecule has 140 valence electrons. The quantitative estimate of drug-likeness (QED) is 0.701. The summed E-state index contributed by atoms with van der Waals surface area (Å²) < 4.78 is 32.5. The van der Waals surface area contributed by atoms with E-state index in [0.717, 1.165) is 18.7 Å². The lowest BCUT2D eigenvalue weighted by molar-refractivity contribution is 0.390. The van der Waals surface area contributed by atoms with Crippen molar-refractivity contribution in [2.45, 2.75) is 50.8 Å². The SMILES string of the molecule is Cc1noc(C)c1S(=O)(=O)Nc1ccc(NCCC2=CCCCC2)cc1. The zero-order chi connectivity index (χ0) is 18.6. The summed E-state index contributed by atoms with van der Waals surface area (Å²) in [5.74, 6) is 0.283. The summed E-state index contributed by atoms with van der Waals surface area (Å²) in [6.07, 6.45) is 8.44. The van der Waals surface area contributed by atoms with Gasteiger partial charge < -0.3 is 9.84 Å². The van der Waals surface area contributed by atoms with E-state index in [4.69, 9.17) is 4.52 Å². The fourth-order valence-corrected chi connectivity index (χ4v) is 4.61. The van der Waals surface area contributed by atoms with Crippen molar-refractivity contribution < 1.29 is 12.9 Å². The van der Waals surface area contributed by atoms with Gasteiger partial charge in [0.2, 0.25) is 0 Å². The van der Waals surface area contributed by atoms with Crippen molar-refractivity contribution in [3.63, 3.8) is 0 Å².